The second-order valence-electron chi connectivity index (χ2n) is 9.17. The maximum atomic E-state index is 14.2. The molecule has 4 nitrogen and oxygen atoms in total. The van der Waals surface area contributed by atoms with Crippen molar-refractivity contribution in [1.82, 2.24) is 0 Å². The summed E-state index contributed by atoms with van der Waals surface area (Å²) in [5.41, 5.74) is 3.91. The average Bonchev–Trinajstić information content (AvgIpc) is 3.29. The van der Waals surface area contributed by atoms with E-state index < -0.39 is 18.3 Å². The van der Waals surface area contributed by atoms with Gasteiger partial charge in [0.25, 0.3) is 0 Å². The van der Waals surface area contributed by atoms with E-state index in [1.807, 2.05) is 97.1 Å². The first-order chi connectivity index (χ1) is 18.3. The van der Waals surface area contributed by atoms with Gasteiger partial charge in [-0.05, 0) is 34.4 Å². The largest absolute Gasteiger partial charge is 0.374 e. The lowest BCUT2D eigenvalue weighted by Crippen LogP contribution is -2.37. The third-order valence-corrected chi connectivity index (χ3v) is 6.45. The van der Waals surface area contributed by atoms with Crippen molar-refractivity contribution in [3.8, 4) is 0 Å². The van der Waals surface area contributed by atoms with E-state index in [1.54, 1.807) is 6.07 Å². The molecule has 1 aliphatic rings. The SMILES string of the molecule is Fc1cccc(C2OC(COCc3ccccc3)C(OCc3ccccc3)C2OCc2ccccc2)c1. The zero-order chi connectivity index (χ0) is 25.3. The van der Waals surface area contributed by atoms with Crippen molar-refractivity contribution in [3.63, 3.8) is 0 Å². The molecule has 1 fully saturated rings. The molecule has 1 heterocycles. The summed E-state index contributed by atoms with van der Waals surface area (Å²) in [7, 11) is 0. The minimum absolute atomic E-state index is 0.312. The van der Waals surface area contributed by atoms with Crippen LogP contribution in [-0.2, 0) is 38.8 Å². The Hall–Kier alpha value is -3.35. The van der Waals surface area contributed by atoms with E-state index in [2.05, 4.69) is 0 Å². The Morgan fingerprint density at radius 1 is 0.595 bits per heavy atom. The number of rotatable bonds is 11. The Morgan fingerprint density at radius 2 is 1.14 bits per heavy atom. The molecule has 0 aliphatic carbocycles. The number of ether oxygens (including phenoxy) is 4. The van der Waals surface area contributed by atoms with E-state index in [0.29, 0.717) is 26.4 Å². The van der Waals surface area contributed by atoms with Crippen LogP contribution in [0.5, 0.6) is 0 Å². The van der Waals surface area contributed by atoms with Crippen LogP contribution in [-0.4, -0.2) is 24.9 Å². The lowest BCUT2D eigenvalue weighted by molar-refractivity contribution is -0.0898. The standard InChI is InChI=1S/C32H31FO4/c33-28-18-10-17-27(19-28)30-32(36-22-26-15-8-3-9-16-26)31(35-21-25-13-6-2-7-14-25)29(37-30)23-34-20-24-11-4-1-5-12-24/h1-19,29-32H,20-23H2. The lowest BCUT2D eigenvalue weighted by Gasteiger charge is -2.25. The highest BCUT2D eigenvalue weighted by molar-refractivity contribution is 5.23. The van der Waals surface area contributed by atoms with Gasteiger partial charge in [0.1, 0.15) is 30.2 Å². The summed E-state index contributed by atoms with van der Waals surface area (Å²) < 4.78 is 39.7. The van der Waals surface area contributed by atoms with Gasteiger partial charge in [-0.3, -0.25) is 0 Å². The van der Waals surface area contributed by atoms with Crippen LogP contribution in [0.1, 0.15) is 28.4 Å². The smallest absolute Gasteiger partial charge is 0.123 e. The molecule has 4 aromatic rings. The van der Waals surface area contributed by atoms with E-state index in [0.717, 1.165) is 22.3 Å². The highest BCUT2D eigenvalue weighted by Gasteiger charge is 2.47. The molecule has 4 aromatic carbocycles. The fourth-order valence-electron chi connectivity index (χ4n) is 4.60. The molecule has 190 valence electrons. The van der Waals surface area contributed by atoms with E-state index >= 15 is 0 Å². The van der Waals surface area contributed by atoms with Crippen molar-refractivity contribution in [2.45, 2.75) is 44.2 Å². The summed E-state index contributed by atoms with van der Waals surface area (Å²) in [6, 6.07) is 36.5. The molecule has 0 saturated carbocycles. The summed E-state index contributed by atoms with van der Waals surface area (Å²) in [6.45, 7) is 1.59. The Morgan fingerprint density at radius 3 is 1.70 bits per heavy atom. The maximum Gasteiger partial charge on any atom is 0.123 e. The monoisotopic (exact) mass is 498 g/mol. The van der Waals surface area contributed by atoms with Gasteiger partial charge in [0.2, 0.25) is 0 Å². The minimum atomic E-state index is -0.495. The summed E-state index contributed by atoms with van der Waals surface area (Å²) in [5, 5.41) is 0. The molecule has 0 bridgehead atoms. The van der Waals surface area contributed by atoms with E-state index in [4.69, 9.17) is 18.9 Å². The highest BCUT2D eigenvalue weighted by atomic mass is 19.1. The van der Waals surface area contributed by atoms with Crippen LogP contribution >= 0.6 is 0 Å². The second-order valence-corrected chi connectivity index (χ2v) is 9.17. The molecule has 0 amide bonds. The molecule has 5 heteroatoms. The van der Waals surface area contributed by atoms with E-state index in [9.17, 15) is 4.39 Å². The Bertz CT molecular complexity index is 1220. The molecule has 5 rings (SSSR count). The van der Waals surface area contributed by atoms with Gasteiger partial charge in [0.05, 0.1) is 26.4 Å². The van der Waals surface area contributed by atoms with Gasteiger partial charge >= 0.3 is 0 Å². The van der Waals surface area contributed by atoms with Crippen LogP contribution in [0.25, 0.3) is 0 Å². The first-order valence-electron chi connectivity index (χ1n) is 12.6. The van der Waals surface area contributed by atoms with Crippen LogP contribution in [0.3, 0.4) is 0 Å². The Kier molecular flexibility index (Phi) is 8.72. The molecule has 37 heavy (non-hydrogen) atoms. The van der Waals surface area contributed by atoms with Crippen molar-refractivity contribution in [2.24, 2.45) is 0 Å². The zero-order valence-corrected chi connectivity index (χ0v) is 20.6. The van der Waals surface area contributed by atoms with Crippen LogP contribution in [0.2, 0.25) is 0 Å². The molecular weight excluding hydrogens is 467 g/mol. The minimum Gasteiger partial charge on any atom is -0.374 e. The molecule has 1 saturated heterocycles. The number of benzene rings is 4. The second kappa shape index (κ2) is 12.7. The van der Waals surface area contributed by atoms with Gasteiger partial charge in [0.15, 0.2) is 0 Å². The van der Waals surface area contributed by atoms with Gasteiger partial charge in [-0.15, -0.1) is 0 Å². The molecule has 4 atom stereocenters. The molecular formula is C32H31FO4. The molecule has 1 aliphatic heterocycles. The van der Waals surface area contributed by atoms with Crippen LogP contribution in [0, 0.1) is 5.82 Å². The first kappa shape index (κ1) is 25.3. The fourth-order valence-corrected chi connectivity index (χ4v) is 4.60. The van der Waals surface area contributed by atoms with Crippen molar-refractivity contribution in [1.29, 1.82) is 0 Å². The normalized spacial score (nSPS) is 21.2. The van der Waals surface area contributed by atoms with Gasteiger partial charge < -0.3 is 18.9 Å². The van der Waals surface area contributed by atoms with Crippen molar-refractivity contribution < 1.29 is 23.3 Å². The summed E-state index contributed by atoms with van der Waals surface area (Å²) in [6.07, 6.45) is -1.74. The van der Waals surface area contributed by atoms with Gasteiger partial charge in [-0.25, -0.2) is 4.39 Å². The first-order valence-corrected chi connectivity index (χ1v) is 12.6. The number of halogens is 1. The lowest BCUT2D eigenvalue weighted by atomic mass is 10.0. The third kappa shape index (κ3) is 6.90. The number of hydrogen-bond acceptors (Lipinski definition) is 4. The van der Waals surface area contributed by atoms with Crippen LogP contribution in [0.15, 0.2) is 115 Å². The summed E-state index contributed by atoms with van der Waals surface area (Å²) in [4.78, 5) is 0. The molecule has 0 spiro atoms. The molecule has 0 N–H and O–H groups in total. The fraction of sp³-hybridized carbons (Fsp3) is 0.250. The number of hydrogen-bond donors (Lipinski definition) is 0. The summed E-state index contributed by atoms with van der Waals surface area (Å²) >= 11 is 0. The quantitative estimate of drug-likeness (QED) is 0.232. The topological polar surface area (TPSA) is 36.9 Å². The molecule has 0 aromatic heterocycles. The maximum absolute atomic E-state index is 14.2. The van der Waals surface area contributed by atoms with E-state index in [1.165, 1.54) is 12.1 Å². The zero-order valence-electron chi connectivity index (χ0n) is 20.6. The Balaban J connectivity index is 1.37. The summed E-state index contributed by atoms with van der Waals surface area (Å²) in [5.74, 6) is -0.312. The highest BCUT2D eigenvalue weighted by Crippen LogP contribution is 2.38. The van der Waals surface area contributed by atoms with Gasteiger partial charge in [-0.2, -0.15) is 0 Å². The molecule has 4 unspecified atom stereocenters. The van der Waals surface area contributed by atoms with Crippen molar-refractivity contribution in [2.75, 3.05) is 6.61 Å². The molecule has 0 radical (unpaired) electrons. The van der Waals surface area contributed by atoms with E-state index in [-0.39, 0.29) is 11.9 Å². The third-order valence-electron chi connectivity index (χ3n) is 6.45. The van der Waals surface area contributed by atoms with Crippen molar-refractivity contribution in [3.05, 3.63) is 143 Å². The van der Waals surface area contributed by atoms with Crippen molar-refractivity contribution >= 4 is 0 Å². The predicted molar refractivity (Wildman–Crippen MR) is 140 cm³/mol. The van der Waals surface area contributed by atoms with Gasteiger partial charge in [0, 0.05) is 0 Å². The van der Waals surface area contributed by atoms with Crippen LogP contribution in [0.4, 0.5) is 4.39 Å². The Labute approximate surface area is 217 Å². The average molecular weight is 499 g/mol. The van der Waals surface area contributed by atoms with Crippen LogP contribution < -0.4 is 0 Å². The predicted octanol–water partition coefficient (Wildman–Crippen LogP) is 6.65. The van der Waals surface area contributed by atoms with Gasteiger partial charge in [-0.1, -0.05) is 103 Å².